The summed E-state index contributed by atoms with van der Waals surface area (Å²) in [5.41, 5.74) is 6.47. The van der Waals surface area contributed by atoms with Crippen molar-refractivity contribution in [2.75, 3.05) is 18.4 Å². The van der Waals surface area contributed by atoms with Gasteiger partial charge in [-0.1, -0.05) is 29.8 Å². The molecule has 7 nitrogen and oxygen atoms in total. The van der Waals surface area contributed by atoms with Crippen molar-refractivity contribution in [1.82, 2.24) is 15.3 Å². The fraction of sp³-hybridized carbons (Fsp3) is 0.250. The molecule has 3 rings (SSSR count). The van der Waals surface area contributed by atoms with Crippen LogP contribution in [-0.2, 0) is 17.1 Å². The maximum Gasteiger partial charge on any atom is 0.306 e. The van der Waals surface area contributed by atoms with Crippen LogP contribution >= 0.6 is 11.6 Å². The molecule has 176 valence electrons. The first-order valence-electron chi connectivity index (χ1n) is 10.5. The van der Waals surface area contributed by atoms with E-state index in [-0.39, 0.29) is 35.2 Å². The second kappa shape index (κ2) is 11.5. The van der Waals surface area contributed by atoms with E-state index in [2.05, 4.69) is 20.6 Å². The van der Waals surface area contributed by atoms with Crippen LogP contribution in [0.25, 0.3) is 0 Å². The number of benzene rings is 1. The fourth-order valence-corrected chi connectivity index (χ4v) is 3.52. The Morgan fingerprint density at radius 1 is 1.21 bits per heavy atom. The Kier molecular flexibility index (Phi) is 8.46. The Labute approximate surface area is 201 Å². The van der Waals surface area contributed by atoms with Gasteiger partial charge in [0.15, 0.2) is 0 Å². The Balaban J connectivity index is 1.71. The van der Waals surface area contributed by atoms with E-state index >= 15 is 0 Å². The molecule has 0 saturated carbocycles. The van der Waals surface area contributed by atoms with Crippen LogP contribution in [0.2, 0.25) is 5.02 Å². The van der Waals surface area contributed by atoms with Gasteiger partial charge in [-0.2, -0.15) is 14.0 Å². The van der Waals surface area contributed by atoms with Gasteiger partial charge < -0.3 is 16.4 Å². The molecular formula is C24H23ClF2N6O. The molecule has 0 aliphatic heterocycles. The molecule has 0 fully saturated rings. The predicted molar refractivity (Wildman–Crippen MR) is 125 cm³/mol. The number of nitrogens with zero attached hydrogens (tertiary/aromatic N) is 3. The Morgan fingerprint density at radius 2 is 2.03 bits per heavy atom. The van der Waals surface area contributed by atoms with Crippen molar-refractivity contribution < 1.29 is 13.6 Å². The van der Waals surface area contributed by atoms with E-state index in [0.717, 1.165) is 5.56 Å². The number of anilines is 1. The normalized spacial score (nSPS) is 12.0. The van der Waals surface area contributed by atoms with Gasteiger partial charge in [-0.25, -0.2) is 4.98 Å². The van der Waals surface area contributed by atoms with E-state index in [1.807, 2.05) is 12.1 Å². The first-order valence-corrected chi connectivity index (χ1v) is 10.9. The van der Waals surface area contributed by atoms with Crippen molar-refractivity contribution >= 4 is 23.3 Å². The third kappa shape index (κ3) is 6.70. The zero-order valence-corrected chi connectivity index (χ0v) is 18.9. The quantitative estimate of drug-likeness (QED) is 0.401. The van der Waals surface area contributed by atoms with Crippen LogP contribution in [0, 0.1) is 11.3 Å². The van der Waals surface area contributed by atoms with Gasteiger partial charge in [0.1, 0.15) is 17.6 Å². The Bertz CT molecular complexity index is 1170. The number of hydrogen-bond donors (Lipinski definition) is 3. The fourth-order valence-electron chi connectivity index (χ4n) is 3.32. The van der Waals surface area contributed by atoms with Crippen molar-refractivity contribution in [3.63, 3.8) is 0 Å². The number of hydrogen-bond acceptors (Lipinski definition) is 6. The molecule has 2 aromatic heterocycles. The summed E-state index contributed by atoms with van der Waals surface area (Å²) in [6, 6.07) is 15.8. The lowest BCUT2D eigenvalue weighted by atomic mass is 10.0. The number of carbonyl (C=O) groups excluding carboxylic acids is 1. The van der Waals surface area contributed by atoms with Crippen LogP contribution in [0.5, 0.6) is 0 Å². The second-order valence-corrected chi connectivity index (χ2v) is 7.94. The molecule has 4 N–H and O–H groups in total. The molecule has 0 spiro atoms. The second-order valence-electron chi connectivity index (χ2n) is 7.50. The lowest BCUT2D eigenvalue weighted by Gasteiger charge is -2.19. The summed E-state index contributed by atoms with van der Waals surface area (Å²) in [5, 5.41) is 15.4. The van der Waals surface area contributed by atoms with Gasteiger partial charge in [-0.05, 0) is 54.9 Å². The van der Waals surface area contributed by atoms with E-state index in [9.17, 15) is 18.8 Å². The lowest BCUT2D eigenvalue weighted by molar-refractivity contribution is -0.121. The van der Waals surface area contributed by atoms with E-state index in [1.54, 1.807) is 24.3 Å². The van der Waals surface area contributed by atoms with Crippen LogP contribution in [0.4, 0.5) is 14.6 Å². The zero-order valence-electron chi connectivity index (χ0n) is 18.1. The first kappa shape index (κ1) is 25.0. The minimum atomic E-state index is -3.24. The minimum Gasteiger partial charge on any atom is -0.364 e. The molecule has 3 aromatic rings. The van der Waals surface area contributed by atoms with Gasteiger partial charge in [0, 0.05) is 11.2 Å². The molecule has 34 heavy (non-hydrogen) atoms. The van der Waals surface area contributed by atoms with Crippen molar-refractivity contribution in [1.29, 1.82) is 5.26 Å². The monoisotopic (exact) mass is 484 g/mol. The zero-order chi connectivity index (χ0) is 24.6. The van der Waals surface area contributed by atoms with Crippen LogP contribution in [0.3, 0.4) is 0 Å². The molecule has 1 amide bonds. The highest BCUT2D eigenvalue weighted by Gasteiger charge is 2.33. The topological polar surface area (TPSA) is 117 Å². The molecular weight excluding hydrogens is 462 g/mol. The molecule has 1 unspecified atom stereocenters. The molecule has 0 aliphatic rings. The highest BCUT2D eigenvalue weighted by Crippen LogP contribution is 2.26. The van der Waals surface area contributed by atoms with Crippen LogP contribution < -0.4 is 16.4 Å². The number of aromatic nitrogens is 2. The molecule has 1 aromatic carbocycles. The van der Waals surface area contributed by atoms with Gasteiger partial charge in [0.25, 0.3) is 0 Å². The third-order valence-electron chi connectivity index (χ3n) is 5.00. The molecule has 2 heterocycles. The third-order valence-corrected chi connectivity index (χ3v) is 5.23. The molecule has 0 aliphatic carbocycles. The van der Waals surface area contributed by atoms with Gasteiger partial charge in [-0.3, -0.25) is 9.78 Å². The Morgan fingerprint density at radius 3 is 2.71 bits per heavy atom. The van der Waals surface area contributed by atoms with Gasteiger partial charge >= 0.3 is 5.92 Å². The van der Waals surface area contributed by atoms with Crippen molar-refractivity contribution in [3.8, 4) is 6.07 Å². The highest BCUT2D eigenvalue weighted by atomic mass is 35.5. The van der Waals surface area contributed by atoms with Crippen molar-refractivity contribution in [2.24, 2.45) is 5.73 Å². The first-order chi connectivity index (χ1) is 16.3. The number of nitrogens with one attached hydrogen (secondary N) is 2. The summed E-state index contributed by atoms with van der Waals surface area (Å²) in [6.45, 7) is -0.412. The van der Waals surface area contributed by atoms with Gasteiger partial charge in [0.2, 0.25) is 5.91 Å². The van der Waals surface area contributed by atoms with E-state index in [4.69, 9.17) is 17.3 Å². The number of rotatable bonds is 10. The van der Waals surface area contributed by atoms with Crippen LogP contribution in [0.1, 0.15) is 35.0 Å². The Hall–Kier alpha value is -3.61. The number of alkyl halides is 2. The SMILES string of the molecule is N#Cc1ccc(NCC(F)(F)c2ccccn2)nc1CC(=O)NC(CCN)c1cccc(Cl)c1. The summed E-state index contributed by atoms with van der Waals surface area (Å²) in [5.74, 6) is -3.51. The lowest BCUT2D eigenvalue weighted by Crippen LogP contribution is -2.32. The van der Waals surface area contributed by atoms with Gasteiger partial charge in [-0.15, -0.1) is 0 Å². The summed E-state index contributed by atoms with van der Waals surface area (Å²) < 4.78 is 28.8. The number of amides is 1. The van der Waals surface area contributed by atoms with E-state index in [0.29, 0.717) is 18.0 Å². The maximum atomic E-state index is 14.4. The number of pyridine rings is 2. The largest absolute Gasteiger partial charge is 0.364 e. The molecule has 1 atom stereocenters. The van der Waals surface area contributed by atoms with E-state index in [1.165, 1.54) is 30.5 Å². The average Bonchev–Trinajstić information content (AvgIpc) is 2.83. The molecule has 0 bridgehead atoms. The van der Waals surface area contributed by atoms with Crippen LogP contribution in [-0.4, -0.2) is 29.0 Å². The molecule has 0 saturated heterocycles. The summed E-state index contributed by atoms with van der Waals surface area (Å²) in [4.78, 5) is 20.7. The summed E-state index contributed by atoms with van der Waals surface area (Å²) >= 11 is 6.06. The number of carbonyl (C=O) groups is 1. The standard InChI is InChI=1S/C24H23ClF2N6O/c25-18-5-3-4-16(12-18)19(9-10-28)33-23(34)13-20-17(14-29)7-8-22(32-20)31-15-24(26,27)21-6-1-2-11-30-21/h1-8,11-12,19H,9-10,13,15,28H2,(H,31,32)(H,33,34). The summed E-state index contributed by atoms with van der Waals surface area (Å²) in [7, 11) is 0. The maximum absolute atomic E-state index is 14.4. The number of halogens is 3. The van der Waals surface area contributed by atoms with E-state index < -0.39 is 18.4 Å². The molecule has 0 radical (unpaired) electrons. The average molecular weight is 485 g/mol. The predicted octanol–water partition coefficient (Wildman–Crippen LogP) is 3.95. The van der Waals surface area contributed by atoms with Crippen LogP contribution in [0.15, 0.2) is 60.8 Å². The molecule has 10 heteroatoms. The highest BCUT2D eigenvalue weighted by molar-refractivity contribution is 6.30. The van der Waals surface area contributed by atoms with Crippen molar-refractivity contribution in [3.05, 3.63) is 88.3 Å². The smallest absolute Gasteiger partial charge is 0.306 e. The number of nitriles is 1. The van der Waals surface area contributed by atoms with Gasteiger partial charge in [0.05, 0.1) is 30.3 Å². The number of nitrogens with two attached hydrogens (primary N) is 1. The summed E-state index contributed by atoms with van der Waals surface area (Å²) in [6.07, 6.45) is 1.56. The minimum absolute atomic E-state index is 0.116. The van der Waals surface area contributed by atoms with Crippen molar-refractivity contribution in [2.45, 2.75) is 24.8 Å².